The number of hydrogen-bond acceptors (Lipinski definition) is 10. The van der Waals surface area contributed by atoms with E-state index in [0.717, 1.165) is 0 Å². The van der Waals surface area contributed by atoms with Gasteiger partial charge in [0.2, 0.25) is 11.8 Å². The zero-order valence-corrected chi connectivity index (χ0v) is 20.6. The van der Waals surface area contributed by atoms with E-state index in [0.29, 0.717) is 5.56 Å². The molecule has 11 heteroatoms. The van der Waals surface area contributed by atoms with E-state index in [2.05, 4.69) is 14.7 Å². The van der Waals surface area contributed by atoms with Gasteiger partial charge in [-0.2, -0.15) is 4.98 Å². The van der Waals surface area contributed by atoms with Crippen LogP contribution in [0.1, 0.15) is 66.3 Å². The van der Waals surface area contributed by atoms with Gasteiger partial charge in [-0.25, -0.2) is 14.6 Å². The number of esters is 1. The lowest BCUT2D eigenvalue weighted by Gasteiger charge is -2.29. The SMILES string of the molecule is CCOC(=O)OC(=O)[C@@H]1CS[C@H](c2cnc(OC(C)(C)C)nc2OC(C)(C)C)N1C(C)=O. The number of hydrogen-bond donors (Lipinski definition) is 0. The van der Waals surface area contributed by atoms with Gasteiger partial charge < -0.3 is 23.8 Å². The first-order chi connectivity index (χ1) is 14.7. The van der Waals surface area contributed by atoms with E-state index in [9.17, 15) is 14.4 Å². The van der Waals surface area contributed by atoms with E-state index in [4.69, 9.17) is 14.2 Å². The summed E-state index contributed by atoms with van der Waals surface area (Å²) in [5, 5.41) is -0.617. The van der Waals surface area contributed by atoms with Gasteiger partial charge in [0.25, 0.3) is 0 Å². The normalized spacial score (nSPS) is 18.8. The Hall–Kier alpha value is -2.56. The lowest BCUT2D eigenvalue weighted by Crippen LogP contribution is -2.43. The molecule has 2 atom stereocenters. The average molecular weight is 470 g/mol. The molecule has 178 valence electrons. The van der Waals surface area contributed by atoms with Crippen LogP contribution in [0.5, 0.6) is 11.9 Å². The van der Waals surface area contributed by atoms with Crippen LogP contribution in [0.2, 0.25) is 0 Å². The molecule has 1 saturated heterocycles. The molecule has 10 nitrogen and oxygen atoms in total. The minimum Gasteiger partial charge on any atom is -0.472 e. The number of ether oxygens (including phenoxy) is 4. The summed E-state index contributed by atoms with van der Waals surface area (Å²) in [6.45, 7) is 14.2. The molecule has 0 aliphatic carbocycles. The summed E-state index contributed by atoms with van der Waals surface area (Å²) >= 11 is 1.32. The third-order valence-corrected chi connectivity index (χ3v) is 5.21. The second kappa shape index (κ2) is 9.93. The monoisotopic (exact) mass is 469 g/mol. The fraction of sp³-hybridized carbons (Fsp3) is 0.667. The van der Waals surface area contributed by atoms with Crippen molar-refractivity contribution in [2.45, 2.75) is 78.0 Å². The van der Waals surface area contributed by atoms with Crippen LogP contribution < -0.4 is 9.47 Å². The van der Waals surface area contributed by atoms with E-state index in [1.165, 1.54) is 29.8 Å². The molecule has 1 aromatic heterocycles. The molecular formula is C21H31N3O7S. The first kappa shape index (κ1) is 25.7. The van der Waals surface area contributed by atoms with Crippen molar-refractivity contribution in [3.8, 4) is 11.9 Å². The van der Waals surface area contributed by atoms with Crippen molar-refractivity contribution in [3.05, 3.63) is 11.8 Å². The third kappa shape index (κ3) is 6.98. The highest BCUT2D eigenvalue weighted by Crippen LogP contribution is 2.45. The fourth-order valence-corrected chi connectivity index (χ4v) is 4.29. The van der Waals surface area contributed by atoms with E-state index in [1.807, 2.05) is 41.5 Å². The Morgan fingerprint density at radius 3 is 2.28 bits per heavy atom. The molecule has 0 bridgehead atoms. The maximum absolute atomic E-state index is 12.5. The Labute approximate surface area is 192 Å². The van der Waals surface area contributed by atoms with Gasteiger partial charge in [0.05, 0.1) is 12.2 Å². The maximum atomic E-state index is 12.5. The van der Waals surface area contributed by atoms with Gasteiger partial charge in [0, 0.05) is 18.9 Å². The van der Waals surface area contributed by atoms with Crippen molar-refractivity contribution in [2.24, 2.45) is 0 Å². The van der Waals surface area contributed by atoms with E-state index in [-0.39, 0.29) is 30.2 Å². The summed E-state index contributed by atoms with van der Waals surface area (Å²) in [4.78, 5) is 46.6. The van der Waals surface area contributed by atoms with Crippen LogP contribution in [0.25, 0.3) is 0 Å². The number of carbonyl (C=O) groups is 3. The highest BCUT2D eigenvalue weighted by Gasteiger charge is 2.44. The molecule has 1 aliphatic heterocycles. The van der Waals surface area contributed by atoms with E-state index < -0.39 is 34.7 Å². The van der Waals surface area contributed by atoms with Gasteiger partial charge in [-0.05, 0) is 48.5 Å². The molecule has 0 spiro atoms. The van der Waals surface area contributed by atoms with Crippen LogP contribution in [0.4, 0.5) is 4.79 Å². The largest absolute Gasteiger partial charge is 0.516 e. The molecule has 1 aliphatic rings. The summed E-state index contributed by atoms with van der Waals surface area (Å²) in [7, 11) is 0. The van der Waals surface area contributed by atoms with Crippen LogP contribution in [-0.4, -0.2) is 62.5 Å². The molecule has 0 N–H and O–H groups in total. The summed E-state index contributed by atoms with van der Waals surface area (Å²) in [5.41, 5.74) is -0.599. The molecule has 0 aromatic carbocycles. The van der Waals surface area contributed by atoms with Crippen molar-refractivity contribution in [2.75, 3.05) is 12.4 Å². The Balaban J connectivity index is 2.40. The average Bonchev–Trinajstić information content (AvgIpc) is 3.04. The number of carbonyl (C=O) groups excluding carboxylic acids is 3. The predicted molar refractivity (Wildman–Crippen MR) is 117 cm³/mol. The van der Waals surface area contributed by atoms with Crippen molar-refractivity contribution >= 4 is 29.8 Å². The zero-order chi connectivity index (χ0) is 24.3. The van der Waals surface area contributed by atoms with Gasteiger partial charge in [-0.3, -0.25) is 4.79 Å². The molecule has 32 heavy (non-hydrogen) atoms. The quantitative estimate of drug-likeness (QED) is 0.468. The summed E-state index contributed by atoms with van der Waals surface area (Å²) in [6, 6.07) is -0.837. The Kier molecular flexibility index (Phi) is 7.97. The molecule has 2 rings (SSSR count). The topological polar surface area (TPSA) is 117 Å². The van der Waals surface area contributed by atoms with Crippen LogP contribution in [0, 0.1) is 0 Å². The minimum atomic E-state index is -1.10. The van der Waals surface area contributed by atoms with Crippen molar-refractivity contribution in [1.82, 2.24) is 14.9 Å². The highest BCUT2D eigenvalue weighted by molar-refractivity contribution is 7.99. The summed E-state index contributed by atoms with van der Waals surface area (Å²) in [6.07, 6.45) is 0.431. The Morgan fingerprint density at radius 1 is 1.12 bits per heavy atom. The van der Waals surface area contributed by atoms with Crippen LogP contribution in [0.3, 0.4) is 0 Å². The molecule has 1 fully saturated rings. The second-order valence-electron chi connectivity index (χ2n) is 9.07. The molecular weight excluding hydrogens is 438 g/mol. The Bertz CT molecular complexity index is 864. The number of amides is 1. The molecule has 2 heterocycles. The number of aromatic nitrogens is 2. The molecule has 1 aromatic rings. The molecule has 0 unspecified atom stereocenters. The molecule has 0 saturated carbocycles. The van der Waals surface area contributed by atoms with Crippen LogP contribution in [-0.2, 0) is 19.1 Å². The smallest absolute Gasteiger partial charge is 0.472 e. The van der Waals surface area contributed by atoms with Gasteiger partial charge in [-0.1, -0.05) is 0 Å². The minimum absolute atomic E-state index is 0.0679. The van der Waals surface area contributed by atoms with E-state index in [1.54, 1.807) is 6.92 Å². The lowest BCUT2D eigenvalue weighted by molar-refractivity contribution is -0.150. The Morgan fingerprint density at radius 2 is 1.75 bits per heavy atom. The fourth-order valence-electron chi connectivity index (χ4n) is 2.83. The predicted octanol–water partition coefficient (Wildman–Crippen LogP) is 3.49. The van der Waals surface area contributed by atoms with Crippen LogP contribution in [0.15, 0.2) is 6.20 Å². The summed E-state index contributed by atoms with van der Waals surface area (Å²) < 4.78 is 21.2. The first-order valence-corrected chi connectivity index (χ1v) is 11.3. The van der Waals surface area contributed by atoms with Gasteiger partial charge >= 0.3 is 18.1 Å². The van der Waals surface area contributed by atoms with Gasteiger partial charge in [0.15, 0.2) is 0 Å². The molecule has 1 amide bonds. The van der Waals surface area contributed by atoms with E-state index >= 15 is 0 Å². The number of thioether (sulfide) groups is 1. The first-order valence-electron chi connectivity index (χ1n) is 10.3. The van der Waals surface area contributed by atoms with Gasteiger partial charge in [0.1, 0.15) is 22.6 Å². The zero-order valence-electron chi connectivity index (χ0n) is 19.8. The molecule has 0 radical (unpaired) electrons. The van der Waals surface area contributed by atoms with Crippen LogP contribution >= 0.6 is 11.8 Å². The van der Waals surface area contributed by atoms with Crippen molar-refractivity contribution < 1.29 is 33.3 Å². The third-order valence-electron chi connectivity index (χ3n) is 3.91. The summed E-state index contributed by atoms with van der Waals surface area (Å²) in [5.74, 6) is -0.768. The second-order valence-corrected chi connectivity index (χ2v) is 10.2. The van der Waals surface area contributed by atoms with Crippen molar-refractivity contribution in [1.29, 1.82) is 0 Å². The van der Waals surface area contributed by atoms with Gasteiger partial charge in [-0.15, -0.1) is 11.8 Å². The lowest BCUT2D eigenvalue weighted by atomic mass is 10.2. The number of nitrogens with zero attached hydrogens (tertiary/aromatic N) is 3. The standard InChI is InChI=1S/C21H31N3O7S/c1-9-28-19(27)29-17(26)14-11-32-16(24(14)12(2)25)13-10-22-18(31-21(6,7)8)23-15(13)30-20(3,4)5/h10,14,16H,9,11H2,1-8H3/t14-,16+/m0/s1. The number of rotatable bonds is 5. The highest BCUT2D eigenvalue weighted by atomic mass is 32.2. The van der Waals surface area contributed by atoms with Crippen molar-refractivity contribution in [3.63, 3.8) is 0 Å². The maximum Gasteiger partial charge on any atom is 0.516 e.